The predicted molar refractivity (Wildman–Crippen MR) is 75.3 cm³/mol. The molecule has 1 amide bonds. The Hall–Kier alpha value is -1.62. The van der Waals surface area contributed by atoms with Gasteiger partial charge in [-0.25, -0.2) is 4.39 Å². The zero-order valence-corrected chi connectivity index (χ0v) is 12.0. The Morgan fingerprint density at radius 1 is 1.55 bits per heavy atom. The molecular formula is C15H21FN2O2. The fourth-order valence-corrected chi connectivity index (χ4v) is 2.62. The van der Waals surface area contributed by atoms with E-state index in [1.807, 2.05) is 7.05 Å². The highest BCUT2D eigenvalue weighted by atomic mass is 19.1. The number of carbonyl (C=O) groups excluding carboxylic acids is 1. The molecule has 0 saturated carbocycles. The van der Waals surface area contributed by atoms with Crippen molar-refractivity contribution in [3.05, 3.63) is 29.6 Å². The molecule has 1 saturated heterocycles. The van der Waals surface area contributed by atoms with Crippen molar-refractivity contribution in [2.75, 3.05) is 27.2 Å². The minimum absolute atomic E-state index is 0.0237. The first-order valence-electron chi connectivity index (χ1n) is 6.92. The lowest BCUT2D eigenvalue weighted by molar-refractivity contribution is -0.125. The number of ether oxygens (including phenoxy) is 1. The second kappa shape index (κ2) is 6.70. The molecule has 0 bridgehead atoms. The Bertz CT molecular complexity index is 479. The normalized spacial score (nSPS) is 19.1. The number of likely N-dealkylation sites (N-methyl/N-ethyl adjacent to an activating group) is 1. The lowest BCUT2D eigenvalue weighted by Gasteiger charge is -2.18. The molecule has 1 heterocycles. The maximum Gasteiger partial charge on any atom is 0.237 e. The van der Waals surface area contributed by atoms with E-state index in [-0.39, 0.29) is 17.8 Å². The average molecular weight is 280 g/mol. The Balaban J connectivity index is 1.86. The molecule has 1 aliphatic rings. The van der Waals surface area contributed by atoms with E-state index in [1.54, 1.807) is 13.2 Å². The topological polar surface area (TPSA) is 41.6 Å². The lowest BCUT2D eigenvalue weighted by atomic mass is 10.1. The second-order valence-electron chi connectivity index (χ2n) is 5.14. The molecule has 1 atom stereocenters. The molecule has 20 heavy (non-hydrogen) atoms. The van der Waals surface area contributed by atoms with Crippen LogP contribution < -0.4 is 10.1 Å². The van der Waals surface area contributed by atoms with Crippen molar-refractivity contribution >= 4 is 5.91 Å². The first kappa shape index (κ1) is 14.8. The Morgan fingerprint density at radius 3 is 3.00 bits per heavy atom. The molecule has 1 N–H and O–H groups in total. The summed E-state index contributed by atoms with van der Waals surface area (Å²) in [4.78, 5) is 14.1. The minimum atomic E-state index is -0.289. The molecule has 1 aliphatic heterocycles. The number of nitrogens with one attached hydrogen (secondary N) is 1. The summed E-state index contributed by atoms with van der Waals surface area (Å²) in [7, 11) is 3.52. The van der Waals surface area contributed by atoms with E-state index < -0.39 is 0 Å². The summed E-state index contributed by atoms with van der Waals surface area (Å²) in [5, 5.41) is 2.92. The number of hydrogen-bond donors (Lipinski definition) is 1. The third-order valence-corrected chi connectivity index (χ3v) is 3.76. The van der Waals surface area contributed by atoms with Gasteiger partial charge in [-0.3, -0.25) is 9.69 Å². The number of rotatable bonds is 5. The van der Waals surface area contributed by atoms with Crippen molar-refractivity contribution in [3.8, 4) is 5.75 Å². The third kappa shape index (κ3) is 3.48. The van der Waals surface area contributed by atoms with Gasteiger partial charge in [-0.05, 0) is 56.6 Å². The lowest BCUT2D eigenvalue weighted by Crippen LogP contribution is -2.42. The largest absolute Gasteiger partial charge is 0.496 e. The van der Waals surface area contributed by atoms with Crippen LogP contribution in [0.2, 0.25) is 0 Å². The molecular weight excluding hydrogens is 259 g/mol. The van der Waals surface area contributed by atoms with Crippen molar-refractivity contribution in [2.45, 2.75) is 25.3 Å². The van der Waals surface area contributed by atoms with E-state index >= 15 is 0 Å². The first-order chi connectivity index (χ1) is 9.61. The van der Waals surface area contributed by atoms with Crippen LogP contribution >= 0.6 is 0 Å². The van der Waals surface area contributed by atoms with Gasteiger partial charge in [0.25, 0.3) is 0 Å². The van der Waals surface area contributed by atoms with Crippen molar-refractivity contribution in [1.82, 2.24) is 10.2 Å². The summed E-state index contributed by atoms with van der Waals surface area (Å²) in [6.07, 6.45) is 2.53. The maximum atomic E-state index is 13.2. The molecule has 0 aromatic heterocycles. The number of likely N-dealkylation sites (tertiary alicyclic amines) is 1. The number of hydrogen-bond acceptors (Lipinski definition) is 3. The van der Waals surface area contributed by atoms with Gasteiger partial charge in [0.1, 0.15) is 11.6 Å². The van der Waals surface area contributed by atoms with Gasteiger partial charge >= 0.3 is 0 Å². The van der Waals surface area contributed by atoms with Crippen LogP contribution in [-0.2, 0) is 11.2 Å². The van der Waals surface area contributed by atoms with Gasteiger partial charge in [0.05, 0.1) is 13.2 Å². The van der Waals surface area contributed by atoms with Crippen molar-refractivity contribution in [1.29, 1.82) is 0 Å². The van der Waals surface area contributed by atoms with Gasteiger partial charge in [-0.1, -0.05) is 0 Å². The number of amides is 1. The van der Waals surface area contributed by atoms with Gasteiger partial charge in [-0.2, -0.15) is 0 Å². The average Bonchev–Trinajstić information content (AvgIpc) is 2.85. The molecule has 110 valence electrons. The predicted octanol–water partition coefficient (Wildman–Crippen LogP) is 1.59. The molecule has 4 nitrogen and oxygen atoms in total. The molecule has 0 radical (unpaired) electrons. The van der Waals surface area contributed by atoms with E-state index in [1.165, 1.54) is 12.1 Å². The highest BCUT2D eigenvalue weighted by Gasteiger charge is 2.27. The zero-order chi connectivity index (χ0) is 14.5. The number of methoxy groups -OCH3 is 1. The van der Waals surface area contributed by atoms with Crippen LogP contribution in [0.3, 0.4) is 0 Å². The van der Waals surface area contributed by atoms with Crippen LogP contribution in [0.4, 0.5) is 4.39 Å². The summed E-state index contributed by atoms with van der Waals surface area (Å²) < 4.78 is 18.4. The maximum absolute atomic E-state index is 13.2. The standard InChI is InChI=1S/C15H21FN2O2/c1-18-9-3-4-13(18)15(19)17-8-7-11-10-12(16)5-6-14(11)20-2/h5-6,10,13H,3-4,7-9H2,1-2H3,(H,17,19). The van der Waals surface area contributed by atoms with E-state index in [9.17, 15) is 9.18 Å². The van der Waals surface area contributed by atoms with E-state index in [0.29, 0.717) is 18.7 Å². The zero-order valence-electron chi connectivity index (χ0n) is 12.0. The molecule has 1 unspecified atom stereocenters. The summed E-state index contributed by atoms with van der Waals surface area (Å²) >= 11 is 0. The van der Waals surface area contributed by atoms with Crippen LogP contribution in [0.25, 0.3) is 0 Å². The Kier molecular flexibility index (Phi) is 4.95. The quantitative estimate of drug-likeness (QED) is 0.890. The number of carbonyl (C=O) groups is 1. The summed E-state index contributed by atoms with van der Waals surface area (Å²) in [6, 6.07) is 4.41. The second-order valence-corrected chi connectivity index (χ2v) is 5.14. The first-order valence-corrected chi connectivity index (χ1v) is 6.92. The number of nitrogens with zero attached hydrogens (tertiary/aromatic N) is 1. The molecule has 0 spiro atoms. The van der Waals surface area contributed by atoms with Crippen LogP contribution in [-0.4, -0.2) is 44.1 Å². The van der Waals surface area contributed by atoms with Crippen molar-refractivity contribution in [3.63, 3.8) is 0 Å². The highest BCUT2D eigenvalue weighted by molar-refractivity contribution is 5.81. The molecule has 1 aromatic rings. The fraction of sp³-hybridized carbons (Fsp3) is 0.533. The summed E-state index contributed by atoms with van der Waals surface area (Å²) in [5.41, 5.74) is 0.771. The summed E-state index contributed by atoms with van der Waals surface area (Å²) in [5.74, 6) is 0.418. The van der Waals surface area contributed by atoms with Gasteiger partial charge in [0.15, 0.2) is 0 Å². The molecule has 5 heteroatoms. The number of halogens is 1. The monoisotopic (exact) mass is 280 g/mol. The number of benzene rings is 1. The SMILES string of the molecule is COc1ccc(F)cc1CCNC(=O)C1CCCN1C. The molecule has 1 aromatic carbocycles. The van der Waals surface area contributed by atoms with E-state index in [2.05, 4.69) is 10.2 Å². The Morgan fingerprint density at radius 2 is 2.35 bits per heavy atom. The fourth-order valence-electron chi connectivity index (χ4n) is 2.62. The molecule has 1 fully saturated rings. The van der Waals surface area contributed by atoms with Gasteiger partial charge in [-0.15, -0.1) is 0 Å². The smallest absolute Gasteiger partial charge is 0.237 e. The van der Waals surface area contributed by atoms with Gasteiger partial charge in [0.2, 0.25) is 5.91 Å². The van der Waals surface area contributed by atoms with Crippen LogP contribution in [0.15, 0.2) is 18.2 Å². The van der Waals surface area contributed by atoms with Gasteiger partial charge < -0.3 is 10.1 Å². The van der Waals surface area contributed by atoms with Gasteiger partial charge in [0, 0.05) is 6.54 Å². The van der Waals surface area contributed by atoms with Crippen molar-refractivity contribution < 1.29 is 13.9 Å². The van der Waals surface area contributed by atoms with E-state index in [0.717, 1.165) is 24.9 Å². The third-order valence-electron chi connectivity index (χ3n) is 3.76. The van der Waals surface area contributed by atoms with Crippen molar-refractivity contribution in [2.24, 2.45) is 0 Å². The minimum Gasteiger partial charge on any atom is -0.496 e. The highest BCUT2D eigenvalue weighted by Crippen LogP contribution is 2.19. The van der Waals surface area contributed by atoms with Crippen LogP contribution in [0.5, 0.6) is 5.75 Å². The molecule has 0 aliphatic carbocycles. The Labute approximate surface area is 118 Å². The van der Waals surface area contributed by atoms with Crippen LogP contribution in [0, 0.1) is 5.82 Å². The van der Waals surface area contributed by atoms with E-state index in [4.69, 9.17) is 4.74 Å². The molecule has 2 rings (SSSR count). The van der Waals surface area contributed by atoms with Crippen LogP contribution in [0.1, 0.15) is 18.4 Å². The summed E-state index contributed by atoms with van der Waals surface area (Å²) in [6.45, 7) is 1.46.